The van der Waals surface area contributed by atoms with E-state index in [1.807, 2.05) is 0 Å². The first-order valence-electron chi connectivity index (χ1n) is 6.74. The lowest BCUT2D eigenvalue weighted by Gasteiger charge is -2.36. The van der Waals surface area contributed by atoms with Gasteiger partial charge in [0.25, 0.3) is 0 Å². The monoisotopic (exact) mass is 296 g/mol. The van der Waals surface area contributed by atoms with Crippen molar-refractivity contribution < 1.29 is 19.1 Å². The maximum absolute atomic E-state index is 11.0. The zero-order valence-electron chi connectivity index (χ0n) is 12.9. The number of carbonyl (C=O) groups is 1. The minimum atomic E-state index is -1.77. The summed E-state index contributed by atoms with van der Waals surface area (Å²) < 4.78 is 11.5. The Balaban J connectivity index is 2.52. The van der Waals surface area contributed by atoms with E-state index < -0.39 is 14.3 Å². The summed E-state index contributed by atoms with van der Waals surface area (Å²) in [7, 11) is -1.77. The van der Waals surface area contributed by atoms with Crippen molar-refractivity contribution in [2.45, 2.75) is 38.9 Å². The van der Waals surface area contributed by atoms with E-state index in [0.717, 1.165) is 0 Å². The van der Waals surface area contributed by atoms with Crippen LogP contribution in [0.25, 0.3) is 0 Å². The predicted molar refractivity (Wildman–Crippen MR) is 82.0 cm³/mol. The molecule has 20 heavy (non-hydrogen) atoms. The molecule has 0 aliphatic carbocycles. The van der Waals surface area contributed by atoms with E-state index in [1.165, 1.54) is 6.07 Å². The molecule has 112 valence electrons. The summed E-state index contributed by atoms with van der Waals surface area (Å²) in [5.74, 6) is -0.593. The van der Waals surface area contributed by atoms with Crippen LogP contribution in [-0.2, 0) is 4.43 Å². The SMILES string of the molecule is CC(C)(C)[Si](C)(C)OCCOc1ccccc1C(=O)O. The molecule has 5 heteroatoms. The summed E-state index contributed by atoms with van der Waals surface area (Å²) >= 11 is 0. The lowest BCUT2D eigenvalue weighted by atomic mass is 10.2. The van der Waals surface area contributed by atoms with Crippen LogP contribution in [0.1, 0.15) is 31.1 Å². The molecule has 0 saturated heterocycles. The Morgan fingerprint density at radius 2 is 1.80 bits per heavy atom. The maximum atomic E-state index is 11.0. The average Bonchev–Trinajstić information content (AvgIpc) is 2.33. The van der Waals surface area contributed by atoms with Gasteiger partial charge in [-0.3, -0.25) is 0 Å². The van der Waals surface area contributed by atoms with Crippen molar-refractivity contribution >= 4 is 14.3 Å². The van der Waals surface area contributed by atoms with E-state index >= 15 is 0 Å². The first-order chi connectivity index (χ1) is 9.15. The molecular formula is C15H24O4Si. The van der Waals surface area contributed by atoms with Crippen molar-refractivity contribution in [3.05, 3.63) is 29.8 Å². The second kappa shape index (κ2) is 6.41. The van der Waals surface area contributed by atoms with E-state index in [2.05, 4.69) is 33.9 Å². The molecule has 0 heterocycles. The van der Waals surface area contributed by atoms with E-state index in [4.69, 9.17) is 14.3 Å². The van der Waals surface area contributed by atoms with E-state index in [1.54, 1.807) is 18.2 Å². The number of hydrogen-bond acceptors (Lipinski definition) is 3. The Morgan fingerprint density at radius 3 is 2.35 bits per heavy atom. The third-order valence-corrected chi connectivity index (χ3v) is 8.27. The molecule has 0 atom stereocenters. The van der Waals surface area contributed by atoms with Crippen molar-refractivity contribution in [3.63, 3.8) is 0 Å². The van der Waals surface area contributed by atoms with Crippen LogP contribution < -0.4 is 4.74 Å². The van der Waals surface area contributed by atoms with Crippen molar-refractivity contribution in [3.8, 4) is 5.75 Å². The highest BCUT2D eigenvalue weighted by molar-refractivity contribution is 6.74. The molecule has 0 spiro atoms. The lowest BCUT2D eigenvalue weighted by molar-refractivity contribution is 0.0691. The van der Waals surface area contributed by atoms with Crippen LogP contribution in [0, 0.1) is 0 Å². The Morgan fingerprint density at radius 1 is 1.20 bits per heavy atom. The smallest absolute Gasteiger partial charge is 0.339 e. The highest BCUT2D eigenvalue weighted by Gasteiger charge is 2.36. The Hall–Kier alpha value is -1.33. The quantitative estimate of drug-likeness (QED) is 0.641. The molecular weight excluding hydrogens is 272 g/mol. The fourth-order valence-corrected chi connectivity index (χ4v) is 2.46. The minimum Gasteiger partial charge on any atom is -0.490 e. The van der Waals surface area contributed by atoms with Gasteiger partial charge in [0, 0.05) is 0 Å². The van der Waals surface area contributed by atoms with E-state index in [-0.39, 0.29) is 10.6 Å². The predicted octanol–water partition coefficient (Wildman–Crippen LogP) is 3.79. The van der Waals surface area contributed by atoms with Gasteiger partial charge in [0.15, 0.2) is 8.32 Å². The van der Waals surface area contributed by atoms with Gasteiger partial charge < -0.3 is 14.3 Å². The third kappa shape index (κ3) is 4.35. The zero-order chi connectivity index (χ0) is 15.4. The number of hydrogen-bond donors (Lipinski definition) is 1. The largest absolute Gasteiger partial charge is 0.490 e. The summed E-state index contributed by atoms with van der Waals surface area (Å²) in [6.45, 7) is 11.7. The Bertz CT molecular complexity index is 463. The third-order valence-electron chi connectivity index (χ3n) is 3.73. The van der Waals surface area contributed by atoms with Gasteiger partial charge in [0.1, 0.15) is 17.9 Å². The highest BCUT2D eigenvalue weighted by atomic mass is 28.4. The average molecular weight is 296 g/mol. The number of para-hydroxylation sites is 1. The van der Waals surface area contributed by atoms with Crippen molar-refractivity contribution in [2.75, 3.05) is 13.2 Å². The molecule has 1 aromatic carbocycles. The molecule has 0 aliphatic heterocycles. The molecule has 0 unspecified atom stereocenters. The molecule has 4 nitrogen and oxygen atoms in total. The topological polar surface area (TPSA) is 55.8 Å². The fourth-order valence-electron chi connectivity index (χ4n) is 1.43. The van der Waals surface area contributed by atoms with Crippen molar-refractivity contribution in [1.82, 2.24) is 0 Å². The summed E-state index contributed by atoms with van der Waals surface area (Å²) in [5, 5.41) is 9.21. The molecule has 0 saturated carbocycles. The van der Waals surface area contributed by atoms with Gasteiger partial charge in [0.05, 0.1) is 6.61 Å². The van der Waals surface area contributed by atoms with Crippen LogP contribution in [0.4, 0.5) is 0 Å². The van der Waals surface area contributed by atoms with Gasteiger partial charge in [-0.1, -0.05) is 32.9 Å². The van der Waals surface area contributed by atoms with E-state index in [9.17, 15) is 4.79 Å². The summed E-state index contributed by atoms with van der Waals surface area (Å²) in [5.41, 5.74) is 0.180. The van der Waals surface area contributed by atoms with Crippen LogP contribution in [-0.4, -0.2) is 32.6 Å². The summed E-state index contributed by atoms with van der Waals surface area (Å²) in [4.78, 5) is 11.0. The first kappa shape index (κ1) is 16.7. The first-order valence-corrected chi connectivity index (χ1v) is 9.65. The molecule has 0 bridgehead atoms. The number of benzene rings is 1. The molecule has 1 aromatic rings. The van der Waals surface area contributed by atoms with Gasteiger partial charge in [-0.05, 0) is 30.3 Å². The molecule has 0 aliphatic rings. The standard InChI is InChI=1S/C15H24O4Si/c1-15(2,3)20(4,5)19-11-10-18-13-9-7-6-8-12(13)14(16)17/h6-9H,10-11H2,1-5H3,(H,16,17). The molecule has 1 N–H and O–H groups in total. The molecule has 0 radical (unpaired) electrons. The Labute approximate surface area is 121 Å². The van der Waals surface area contributed by atoms with Crippen molar-refractivity contribution in [1.29, 1.82) is 0 Å². The van der Waals surface area contributed by atoms with Crippen LogP contribution in [0.5, 0.6) is 5.75 Å². The van der Waals surface area contributed by atoms with Gasteiger partial charge in [-0.2, -0.15) is 0 Å². The minimum absolute atomic E-state index is 0.159. The van der Waals surface area contributed by atoms with Crippen LogP contribution in [0.2, 0.25) is 18.1 Å². The molecule has 0 amide bonds. The van der Waals surface area contributed by atoms with Gasteiger partial charge in [0.2, 0.25) is 0 Å². The number of aromatic carboxylic acids is 1. The van der Waals surface area contributed by atoms with E-state index in [0.29, 0.717) is 19.0 Å². The van der Waals surface area contributed by atoms with Gasteiger partial charge >= 0.3 is 5.97 Å². The summed E-state index contributed by atoms with van der Waals surface area (Å²) in [6.07, 6.45) is 0. The van der Waals surface area contributed by atoms with Gasteiger partial charge in [-0.15, -0.1) is 0 Å². The second-order valence-corrected chi connectivity index (χ2v) is 11.1. The second-order valence-electron chi connectivity index (χ2n) is 6.26. The lowest BCUT2D eigenvalue weighted by Crippen LogP contribution is -2.41. The zero-order valence-corrected chi connectivity index (χ0v) is 13.9. The van der Waals surface area contributed by atoms with Crippen molar-refractivity contribution in [2.24, 2.45) is 0 Å². The Kier molecular flexibility index (Phi) is 5.36. The molecule has 0 fully saturated rings. The maximum Gasteiger partial charge on any atom is 0.339 e. The normalized spacial score (nSPS) is 12.2. The van der Waals surface area contributed by atoms with Crippen LogP contribution in [0.15, 0.2) is 24.3 Å². The fraction of sp³-hybridized carbons (Fsp3) is 0.533. The summed E-state index contributed by atoms with van der Waals surface area (Å²) in [6, 6.07) is 6.64. The van der Waals surface area contributed by atoms with Gasteiger partial charge in [-0.25, -0.2) is 4.79 Å². The number of carboxylic acid groups (broad SMARTS) is 1. The number of rotatable bonds is 6. The number of ether oxygens (including phenoxy) is 1. The molecule has 0 aromatic heterocycles. The van der Waals surface area contributed by atoms with Crippen LogP contribution >= 0.6 is 0 Å². The highest BCUT2D eigenvalue weighted by Crippen LogP contribution is 2.36. The molecule has 1 rings (SSSR count). The number of carboxylic acids is 1. The van der Waals surface area contributed by atoms with Crippen LogP contribution in [0.3, 0.4) is 0 Å².